The lowest BCUT2D eigenvalue weighted by Gasteiger charge is -2.40. The highest BCUT2D eigenvalue weighted by molar-refractivity contribution is 5.18. The van der Waals surface area contributed by atoms with Crippen LogP contribution < -0.4 is 5.73 Å². The van der Waals surface area contributed by atoms with Crippen molar-refractivity contribution in [2.75, 3.05) is 0 Å². The summed E-state index contributed by atoms with van der Waals surface area (Å²) in [6, 6.07) is 0. The van der Waals surface area contributed by atoms with Gasteiger partial charge in [-0.25, -0.2) is 9.97 Å². The normalized spacial score (nSPS) is 36.5. The van der Waals surface area contributed by atoms with Gasteiger partial charge < -0.3 is 5.73 Å². The molecule has 3 unspecified atom stereocenters. The molecular formula is C12H19N3. The second-order valence-corrected chi connectivity index (χ2v) is 4.98. The van der Waals surface area contributed by atoms with Crippen LogP contribution in [0.1, 0.15) is 38.7 Å². The molecule has 0 amide bonds. The number of nitrogens with zero attached hydrogens (tertiary/aromatic N) is 2. The van der Waals surface area contributed by atoms with Crippen LogP contribution in [0.25, 0.3) is 0 Å². The van der Waals surface area contributed by atoms with Gasteiger partial charge in [0.15, 0.2) is 0 Å². The van der Waals surface area contributed by atoms with Crippen LogP contribution in [0.2, 0.25) is 0 Å². The lowest BCUT2D eigenvalue weighted by atomic mass is 9.69. The van der Waals surface area contributed by atoms with Crippen LogP contribution in [0.5, 0.6) is 0 Å². The van der Waals surface area contributed by atoms with Crippen molar-refractivity contribution in [2.24, 2.45) is 17.6 Å². The predicted molar refractivity (Wildman–Crippen MR) is 60.1 cm³/mol. The number of rotatable bonds is 1. The molecule has 0 aliphatic heterocycles. The molecule has 1 fully saturated rings. The van der Waals surface area contributed by atoms with Crippen molar-refractivity contribution in [3.8, 4) is 0 Å². The minimum atomic E-state index is -0.201. The van der Waals surface area contributed by atoms with E-state index in [-0.39, 0.29) is 5.54 Å². The summed E-state index contributed by atoms with van der Waals surface area (Å²) in [7, 11) is 0. The van der Waals surface area contributed by atoms with Crippen molar-refractivity contribution in [3.05, 3.63) is 24.3 Å². The first-order chi connectivity index (χ1) is 7.12. The van der Waals surface area contributed by atoms with Crippen molar-refractivity contribution in [1.82, 2.24) is 9.97 Å². The van der Waals surface area contributed by atoms with E-state index in [1.807, 2.05) is 12.4 Å². The van der Waals surface area contributed by atoms with Gasteiger partial charge in [-0.2, -0.15) is 0 Å². The van der Waals surface area contributed by atoms with E-state index >= 15 is 0 Å². The molecule has 15 heavy (non-hydrogen) atoms. The van der Waals surface area contributed by atoms with Crippen LogP contribution in [0.4, 0.5) is 0 Å². The first-order valence-electron chi connectivity index (χ1n) is 5.66. The van der Waals surface area contributed by atoms with Crippen molar-refractivity contribution in [1.29, 1.82) is 0 Å². The predicted octanol–water partition coefficient (Wildman–Crippen LogP) is 2.09. The summed E-state index contributed by atoms with van der Waals surface area (Å²) >= 11 is 0. The van der Waals surface area contributed by atoms with Crippen LogP contribution in [0, 0.1) is 11.8 Å². The van der Waals surface area contributed by atoms with Gasteiger partial charge in [0.2, 0.25) is 0 Å². The molecule has 1 aliphatic rings. The third kappa shape index (κ3) is 2.02. The molecule has 82 valence electrons. The lowest BCUT2D eigenvalue weighted by Crippen LogP contribution is -2.43. The monoisotopic (exact) mass is 205 g/mol. The second kappa shape index (κ2) is 3.89. The third-order valence-electron chi connectivity index (χ3n) is 3.84. The molecule has 1 aromatic heterocycles. The molecule has 3 atom stereocenters. The summed E-state index contributed by atoms with van der Waals surface area (Å²) in [6.07, 6.45) is 8.56. The highest BCUT2D eigenvalue weighted by Gasteiger charge is 2.36. The number of hydrogen-bond donors (Lipinski definition) is 1. The molecule has 0 spiro atoms. The number of nitrogens with two attached hydrogens (primary N) is 1. The molecule has 0 radical (unpaired) electrons. The third-order valence-corrected chi connectivity index (χ3v) is 3.84. The van der Waals surface area contributed by atoms with E-state index in [1.54, 1.807) is 6.33 Å². The summed E-state index contributed by atoms with van der Waals surface area (Å²) in [5.74, 6) is 1.47. The first kappa shape index (κ1) is 10.6. The Balaban J connectivity index is 2.21. The van der Waals surface area contributed by atoms with Crippen molar-refractivity contribution >= 4 is 0 Å². The molecule has 0 aromatic carbocycles. The van der Waals surface area contributed by atoms with Gasteiger partial charge >= 0.3 is 0 Å². The fraction of sp³-hybridized carbons (Fsp3) is 0.667. The van der Waals surface area contributed by atoms with Gasteiger partial charge in [0, 0.05) is 23.5 Å². The second-order valence-electron chi connectivity index (χ2n) is 4.98. The highest BCUT2D eigenvalue weighted by Crippen LogP contribution is 2.40. The highest BCUT2D eigenvalue weighted by atomic mass is 14.8. The van der Waals surface area contributed by atoms with Gasteiger partial charge in [-0.1, -0.05) is 13.8 Å². The van der Waals surface area contributed by atoms with Crippen molar-refractivity contribution < 1.29 is 0 Å². The fourth-order valence-corrected chi connectivity index (χ4v) is 2.47. The Hall–Kier alpha value is -0.960. The molecule has 1 aromatic rings. The molecule has 2 N–H and O–H groups in total. The Labute approximate surface area is 91.1 Å². The summed E-state index contributed by atoms with van der Waals surface area (Å²) in [5, 5.41) is 0. The van der Waals surface area contributed by atoms with E-state index in [4.69, 9.17) is 5.73 Å². The molecule has 2 rings (SSSR count). The Morgan fingerprint density at radius 2 is 1.93 bits per heavy atom. The van der Waals surface area contributed by atoms with E-state index in [1.165, 1.54) is 6.42 Å². The van der Waals surface area contributed by atoms with Gasteiger partial charge in [-0.15, -0.1) is 0 Å². The van der Waals surface area contributed by atoms with E-state index < -0.39 is 0 Å². The summed E-state index contributed by atoms with van der Waals surface area (Å²) < 4.78 is 0. The quantitative estimate of drug-likeness (QED) is 0.763. The van der Waals surface area contributed by atoms with Gasteiger partial charge in [0.05, 0.1) is 0 Å². The smallest absolute Gasteiger partial charge is 0.115 e. The molecule has 1 heterocycles. The standard InChI is InChI=1S/C12H19N3/c1-9-3-4-12(13,5-10(9)2)11-6-14-8-15-7-11/h6-10H,3-5,13H2,1-2H3. The van der Waals surface area contributed by atoms with Crippen molar-refractivity contribution in [3.63, 3.8) is 0 Å². The van der Waals surface area contributed by atoms with Crippen LogP contribution in [0.3, 0.4) is 0 Å². The maximum atomic E-state index is 6.45. The Morgan fingerprint density at radius 3 is 2.53 bits per heavy atom. The summed E-state index contributed by atoms with van der Waals surface area (Å²) in [6.45, 7) is 4.60. The van der Waals surface area contributed by atoms with Crippen molar-refractivity contribution in [2.45, 2.75) is 38.6 Å². The maximum absolute atomic E-state index is 6.45. The van der Waals surface area contributed by atoms with E-state index in [9.17, 15) is 0 Å². The Kier molecular flexibility index (Phi) is 2.74. The summed E-state index contributed by atoms with van der Waals surface area (Å²) in [4.78, 5) is 8.12. The minimum Gasteiger partial charge on any atom is -0.321 e. The Bertz CT molecular complexity index is 325. The zero-order chi connectivity index (χ0) is 10.9. The first-order valence-corrected chi connectivity index (χ1v) is 5.66. The lowest BCUT2D eigenvalue weighted by molar-refractivity contribution is 0.176. The topological polar surface area (TPSA) is 51.8 Å². The molecule has 0 saturated heterocycles. The molecular weight excluding hydrogens is 186 g/mol. The average Bonchev–Trinajstić information content (AvgIpc) is 2.26. The molecule has 1 saturated carbocycles. The maximum Gasteiger partial charge on any atom is 0.115 e. The Morgan fingerprint density at radius 1 is 1.27 bits per heavy atom. The largest absolute Gasteiger partial charge is 0.321 e. The molecule has 3 nitrogen and oxygen atoms in total. The van der Waals surface area contributed by atoms with Crippen LogP contribution >= 0.6 is 0 Å². The van der Waals surface area contributed by atoms with Crippen LogP contribution in [-0.4, -0.2) is 9.97 Å². The molecule has 3 heteroatoms. The zero-order valence-electron chi connectivity index (χ0n) is 9.48. The van der Waals surface area contributed by atoms with Gasteiger partial charge in [-0.05, 0) is 31.1 Å². The van der Waals surface area contributed by atoms with E-state index in [2.05, 4.69) is 23.8 Å². The van der Waals surface area contributed by atoms with Crippen LogP contribution in [-0.2, 0) is 5.54 Å². The van der Waals surface area contributed by atoms with Gasteiger partial charge in [0.25, 0.3) is 0 Å². The molecule has 0 bridgehead atoms. The zero-order valence-corrected chi connectivity index (χ0v) is 9.48. The number of hydrogen-bond acceptors (Lipinski definition) is 3. The fourth-order valence-electron chi connectivity index (χ4n) is 2.47. The van der Waals surface area contributed by atoms with Gasteiger partial charge in [-0.3, -0.25) is 0 Å². The van der Waals surface area contributed by atoms with Gasteiger partial charge in [0.1, 0.15) is 6.33 Å². The number of aromatic nitrogens is 2. The average molecular weight is 205 g/mol. The van der Waals surface area contributed by atoms with E-state index in [0.29, 0.717) is 5.92 Å². The SMILES string of the molecule is CC1CCC(N)(c2cncnc2)CC1C. The van der Waals surface area contributed by atoms with E-state index in [0.717, 1.165) is 24.3 Å². The minimum absolute atomic E-state index is 0.201. The van der Waals surface area contributed by atoms with Crippen LogP contribution in [0.15, 0.2) is 18.7 Å². The molecule has 1 aliphatic carbocycles. The summed E-state index contributed by atoms with van der Waals surface area (Å²) in [5.41, 5.74) is 7.34.